The topological polar surface area (TPSA) is 94.2 Å². The number of ketones is 2. The fraction of sp³-hybridized carbons (Fsp3) is 0.194. The number of fused-ring (bicyclic) bond motifs is 6. The van der Waals surface area contributed by atoms with E-state index in [1.807, 2.05) is 65.7 Å². The van der Waals surface area contributed by atoms with E-state index in [1.165, 1.54) is 14.2 Å². The van der Waals surface area contributed by atoms with Gasteiger partial charge in [-0.3, -0.25) is 14.4 Å². The van der Waals surface area contributed by atoms with Gasteiger partial charge < -0.3 is 24.4 Å². The summed E-state index contributed by atoms with van der Waals surface area (Å²) in [5.74, 6) is -0.686. The lowest BCUT2D eigenvalue weighted by molar-refractivity contribution is -0.122. The van der Waals surface area contributed by atoms with E-state index in [0.29, 0.717) is 34.1 Å². The number of rotatable bonds is 7. The number of benzene rings is 4. The summed E-state index contributed by atoms with van der Waals surface area (Å²) in [5, 5.41) is 3.07. The molecular formula is C36H30N2O6. The zero-order chi connectivity index (χ0) is 30.6. The molecule has 4 aromatic rings. The molecule has 3 aliphatic heterocycles. The highest BCUT2D eigenvalue weighted by atomic mass is 16.5. The van der Waals surface area contributed by atoms with Crippen molar-refractivity contribution in [3.05, 3.63) is 125 Å². The zero-order valence-electron chi connectivity index (χ0n) is 24.4. The SMILES string of the molecule is COc1ccc(C(=O)[C@H]2[C@@H](C(=O)c3cc(OC)ccc3OC)N3C=Cc4ccccc4[C@@H]3[C@]23C(=O)Nc2ccccc23)cc1. The van der Waals surface area contributed by atoms with Crippen LogP contribution in [-0.4, -0.2) is 49.7 Å². The first-order valence-electron chi connectivity index (χ1n) is 14.3. The van der Waals surface area contributed by atoms with Crippen molar-refractivity contribution in [1.29, 1.82) is 0 Å². The smallest absolute Gasteiger partial charge is 0.238 e. The van der Waals surface area contributed by atoms with Crippen molar-refractivity contribution in [2.24, 2.45) is 5.92 Å². The molecule has 1 fully saturated rings. The van der Waals surface area contributed by atoms with Gasteiger partial charge in [-0.25, -0.2) is 0 Å². The highest BCUT2D eigenvalue weighted by Gasteiger charge is 2.70. The number of carbonyl (C=O) groups excluding carboxylic acids is 3. The lowest BCUT2D eigenvalue weighted by Crippen LogP contribution is -2.49. The minimum absolute atomic E-state index is 0.263. The van der Waals surface area contributed by atoms with Crippen LogP contribution in [0.1, 0.15) is 43.4 Å². The number of anilines is 1. The summed E-state index contributed by atoms with van der Waals surface area (Å²) >= 11 is 0. The average molecular weight is 587 g/mol. The summed E-state index contributed by atoms with van der Waals surface area (Å²) in [6, 6.07) is 25.4. The van der Waals surface area contributed by atoms with Gasteiger partial charge in [0.15, 0.2) is 11.6 Å². The monoisotopic (exact) mass is 586 g/mol. The first-order valence-corrected chi connectivity index (χ1v) is 14.3. The van der Waals surface area contributed by atoms with Crippen molar-refractivity contribution in [1.82, 2.24) is 4.90 Å². The van der Waals surface area contributed by atoms with Gasteiger partial charge in [-0.15, -0.1) is 0 Å². The van der Waals surface area contributed by atoms with E-state index in [0.717, 1.165) is 11.1 Å². The molecule has 1 N–H and O–H groups in total. The standard InChI is InChI=1S/C36H30N2O6/c1-42-23-14-12-22(13-15-23)32(39)30-31(33(40)26-20-24(43-2)16-17-29(26)44-3)38-19-18-21-8-4-5-9-25(21)34(38)36(30)27-10-6-7-11-28(27)37-35(36)41/h4-20,30-31,34H,1-3H3,(H,37,41)/t30-,31+,34-,36-/m1/s1. The number of para-hydroxylation sites is 1. The van der Waals surface area contributed by atoms with Crippen LogP contribution >= 0.6 is 0 Å². The number of methoxy groups -OCH3 is 3. The van der Waals surface area contributed by atoms with E-state index in [4.69, 9.17) is 14.2 Å². The number of hydrogen-bond donors (Lipinski definition) is 1. The second-order valence-electron chi connectivity index (χ2n) is 11.1. The minimum Gasteiger partial charge on any atom is -0.497 e. The molecule has 4 aromatic carbocycles. The highest BCUT2D eigenvalue weighted by Crippen LogP contribution is 2.62. The molecule has 0 saturated carbocycles. The molecule has 3 aliphatic rings. The minimum atomic E-state index is -1.43. The molecule has 3 heterocycles. The highest BCUT2D eigenvalue weighted by molar-refractivity contribution is 6.17. The Hall–Kier alpha value is -5.37. The van der Waals surface area contributed by atoms with E-state index in [-0.39, 0.29) is 23.0 Å². The number of nitrogens with one attached hydrogen (secondary N) is 1. The van der Waals surface area contributed by atoms with Crippen LogP contribution in [0, 0.1) is 5.92 Å². The number of amides is 1. The summed E-state index contributed by atoms with van der Waals surface area (Å²) < 4.78 is 16.4. The van der Waals surface area contributed by atoms with E-state index in [2.05, 4.69) is 5.32 Å². The molecule has 0 aromatic heterocycles. The van der Waals surface area contributed by atoms with Crippen molar-refractivity contribution in [2.45, 2.75) is 17.5 Å². The van der Waals surface area contributed by atoms with Gasteiger partial charge in [0.1, 0.15) is 28.7 Å². The Bertz CT molecular complexity index is 1850. The molecule has 0 radical (unpaired) electrons. The molecule has 44 heavy (non-hydrogen) atoms. The molecular weight excluding hydrogens is 556 g/mol. The Labute approximate surface area is 254 Å². The number of Topliss-reactive ketones (excluding diaryl/α,β-unsaturated/α-hetero) is 2. The zero-order valence-corrected chi connectivity index (χ0v) is 24.4. The van der Waals surface area contributed by atoms with Crippen LogP contribution < -0.4 is 19.5 Å². The van der Waals surface area contributed by atoms with Crippen LogP contribution in [0.3, 0.4) is 0 Å². The molecule has 8 nitrogen and oxygen atoms in total. The summed E-state index contributed by atoms with van der Waals surface area (Å²) in [5.41, 5.74) is 2.31. The Morgan fingerprint density at radius 1 is 0.795 bits per heavy atom. The van der Waals surface area contributed by atoms with Crippen molar-refractivity contribution in [2.75, 3.05) is 26.6 Å². The molecule has 7 rings (SSSR count). The average Bonchev–Trinajstić information content (AvgIpc) is 3.55. The predicted octanol–water partition coefficient (Wildman–Crippen LogP) is 5.69. The van der Waals surface area contributed by atoms with E-state index in [1.54, 1.807) is 49.6 Å². The van der Waals surface area contributed by atoms with Gasteiger partial charge in [-0.2, -0.15) is 0 Å². The Morgan fingerprint density at radius 3 is 2.25 bits per heavy atom. The maximum atomic E-state index is 15.0. The van der Waals surface area contributed by atoms with Gasteiger partial charge in [0.2, 0.25) is 5.91 Å². The Kier molecular flexibility index (Phi) is 6.50. The summed E-state index contributed by atoms with van der Waals surface area (Å²) in [7, 11) is 4.58. The number of nitrogens with zero attached hydrogens (tertiary/aromatic N) is 1. The third-order valence-corrected chi connectivity index (χ3v) is 9.17. The molecule has 1 saturated heterocycles. The molecule has 0 bridgehead atoms. The number of ether oxygens (including phenoxy) is 3. The quantitative estimate of drug-likeness (QED) is 0.278. The van der Waals surface area contributed by atoms with Crippen LogP contribution in [-0.2, 0) is 10.2 Å². The molecule has 1 spiro atoms. The molecule has 0 aliphatic carbocycles. The normalized spacial score (nSPS) is 22.6. The van der Waals surface area contributed by atoms with Gasteiger partial charge in [-0.1, -0.05) is 42.5 Å². The second-order valence-corrected chi connectivity index (χ2v) is 11.1. The molecule has 1 amide bonds. The largest absolute Gasteiger partial charge is 0.497 e. The van der Waals surface area contributed by atoms with Crippen LogP contribution in [0.4, 0.5) is 5.69 Å². The van der Waals surface area contributed by atoms with Crippen LogP contribution in [0.5, 0.6) is 17.2 Å². The fourth-order valence-electron chi connectivity index (χ4n) is 7.27. The molecule has 0 unspecified atom stereocenters. The Balaban J connectivity index is 1.53. The van der Waals surface area contributed by atoms with Crippen LogP contribution in [0.15, 0.2) is 97.2 Å². The lowest BCUT2D eigenvalue weighted by atomic mass is 9.62. The van der Waals surface area contributed by atoms with Crippen molar-refractivity contribution < 1.29 is 28.6 Å². The van der Waals surface area contributed by atoms with Gasteiger partial charge in [0.05, 0.1) is 38.9 Å². The maximum absolute atomic E-state index is 15.0. The number of carbonyl (C=O) groups is 3. The third-order valence-electron chi connectivity index (χ3n) is 9.17. The fourth-order valence-corrected chi connectivity index (χ4v) is 7.27. The van der Waals surface area contributed by atoms with Crippen LogP contribution in [0.2, 0.25) is 0 Å². The van der Waals surface area contributed by atoms with Gasteiger partial charge in [0.25, 0.3) is 0 Å². The predicted molar refractivity (Wildman–Crippen MR) is 165 cm³/mol. The summed E-state index contributed by atoms with van der Waals surface area (Å²) in [4.78, 5) is 46.4. The second kappa shape index (κ2) is 10.4. The maximum Gasteiger partial charge on any atom is 0.238 e. The summed E-state index contributed by atoms with van der Waals surface area (Å²) in [6.45, 7) is 0. The van der Waals surface area contributed by atoms with E-state index < -0.39 is 23.4 Å². The van der Waals surface area contributed by atoms with Crippen molar-refractivity contribution in [3.8, 4) is 17.2 Å². The number of hydrogen-bond acceptors (Lipinski definition) is 7. The van der Waals surface area contributed by atoms with Gasteiger partial charge in [0, 0.05) is 17.5 Å². The molecule has 8 heteroatoms. The third kappa shape index (κ3) is 3.80. The van der Waals surface area contributed by atoms with E-state index in [9.17, 15) is 14.4 Å². The molecule has 4 atom stereocenters. The lowest BCUT2D eigenvalue weighted by Gasteiger charge is -2.38. The van der Waals surface area contributed by atoms with E-state index >= 15 is 0 Å². The van der Waals surface area contributed by atoms with Crippen molar-refractivity contribution >= 4 is 29.2 Å². The van der Waals surface area contributed by atoms with Crippen molar-refractivity contribution in [3.63, 3.8) is 0 Å². The van der Waals surface area contributed by atoms with Gasteiger partial charge >= 0.3 is 0 Å². The first kappa shape index (κ1) is 27.5. The Morgan fingerprint density at radius 2 is 1.50 bits per heavy atom. The first-order chi connectivity index (χ1) is 21.4. The van der Waals surface area contributed by atoms with Gasteiger partial charge in [-0.05, 0) is 71.3 Å². The molecule has 220 valence electrons. The summed E-state index contributed by atoms with van der Waals surface area (Å²) in [6.07, 6.45) is 3.78. The van der Waals surface area contributed by atoms with Crippen LogP contribution in [0.25, 0.3) is 6.08 Å².